The maximum absolute atomic E-state index is 10.5. The molecule has 0 saturated carbocycles. The fourth-order valence-electron chi connectivity index (χ4n) is 2.58. The molecule has 168 valence electrons. The minimum absolute atomic E-state index is 0.0127. The van der Waals surface area contributed by atoms with Crippen LogP contribution in [0, 0.1) is 0 Å². The second-order valence-corrected chi connectivity index (χ2v) is 8.75. The quantitative estimate of drug-likeness (QED) is 0.171. The van der Waals surface area contributed by atoms with Gasteiger partial charge in [-0.05, 0) is 38.5 Å². The van der Waals surface area contributed by atoms with Crippen LogP contribution in [0.15, 0.2) is 12.2 Å². The number of hydrogen-bond acceptors (Lipinski definition) is 4. The van der Waals surface area contributed by atoms with Gasteiger partial charge in [0.25, 0.3) is 10.1 Å². The third kappa shape index (κ3) is 25.1. The van der Waals surface area contributed by atoms with Gasteiger partial charge in [-0.2, -0.15) is 8.42 Å². The fraction of sp³-hybridized carbons (Fsp3) is 0.857. The van der Waals surface area contributed by atoms with E-state index < -0.39 is 15.6 Å². The Morgan fingerprint density at radius 2 is 1.29 bits per heavy atom. The third-order valence-corrected chi connectivity index (χ3v) is 5.40. The van der Waals surface area contributed by atoms with Crippen LogP contribution in [-0.4, -0.2) is 29.4 Å². The summed E-state index contributed by atoms with van der Waals surface area (Å²) in [4.78, 5) is 10.5. The monoisotopic (exact) mass is 421 g/mol. The lowest BCUT2D eigenvalue weighted by Gasteiger charge is -1.99. The highest BCUT2D eigenvalue weighted by Crippen LogP contribution is 2.09. The van der Waals surface area contributed by atoms with Crippen molar-refractivity contribution in [2.75, 3.05) is 0 Å². The molecule has 6 nitrogen and oxygen atoms in total. The summed E-state index contributed by atoms with van der Waals surface area (Å²) in [7, 11) is -4.20. The van der Waals surface area contributed by atoms with Gasteiger partial charge in [0.15, 0.2) is 5.44 Å². The van der Waals surface area contributed by atoms with Crippen molar-refractivity contribution in [1.29, 1.82) is 0 Å². The average molecular weight is 422 g/mol. The summed E-state index contributed by atoms with van der Waals surface area (Å²) < 4.78 is 27.7. The molecule has 0 aliphatic carbocycles. The van der Waals surface area contributed by atoms with E-state index in [4.69, 9.17) is 15.4 Å². The van der Waals surface area contributed by atoms with E-state index in [2.05, 4.69) is 19.1 Å². The van der Waals surface area contributed by atoms with Crippen molar-refractivity contribution in [1.82, 2.24) is 0 Å². The number of aliphatic hydroxyl groups excluding tert-OH is 1. The summed E-state index contributed by atoms with van der Waals surface area (Å²) in [6, 6.07) is 0. The van der Waals surface area contributed by atoms with Gasteiger partial charge in [0.05, 0.1) is 0 Å². The van der Waals surface area contributed by atoms with Gasteiger partial charge in [0, 0.05) is 6.42 Å². The first-order chi connectivity index (χ1) is 13.3. The van der Waals surface area contributed by atoms with Gasteiger partial charge in [-0.25, -0.2) is 0 Å². The molecule has 0 aliphatic heterocycles. The minimum atomic E-state index is -4.20. The third-order valence-electron chi connectivity index (χ3n) is 4.38. The van der Waals surface area contributed by atoms with Crippen LogP contribution < -0.4 is 5.73 Å². The molecule has 0 aromatic rings. The summed E-state index contributed by atoms with van der Waals surface area (Å²) >= 11 is 0. The van der Waals surface area contributed by atoms with E-state index >= 15 is 0 Å². The molecule has 0 aliphatic rings. The molecule has 0 rings (SSSR count). The molecule has 0 heterocycles. The van der Waals surface area contributed by atoms with Crippen LogP contribution in [0.3, 0.4) is 0 Å². The lowest BCUT2D eigenvalue weighted by Crippen LogP contribution is -2.17. The van der Waals surface area contributed by atoms with E-state index in [1.807, 2.05) is 0 Å². The predicted octanol–water partition coefficient (Wildman–Crippen LogP) is 5.11. The van der Waals surface area contributed by atoms with E-state index in [1.165, 1.54) is 77.6 Å². The van der Waals surface area contributed by atoms with Crippen molar-refractivity contribution in [3.8, 4) is 0 Å². The molecule has 0 saturated heterocycles. The zero-order valence-corrected chi connectivity index (χ0v) is 18.8. The van der Waals surface area contributed by atoms with Crippen LogP contribution in [-0.2, 0) is 14.9 Å². The van der Waals surface area contributed by atoms with Crippen LogP contribution >= 0.6 is 0 Å². The van der Waals surface area contributed by atoms with Crippen molar-refractivity contribution in [3.05, 3.63) is 12.2 Å². The molecule has 1 amide bonds. The first kappa shape index (κ1) is 29.3. The van der Waals surface area contributed by atoms with E-state index in [0.717, 1.165) is 12.8 Å². The Morgan fingerprint density at radius 3 is 1.64 bits per heavy atom. The van der Waals surface area contributed by atoms with E-state index in [-0.39, 0.29) is 12.3 Å². The SMILES string of the molecule is CCC(O)S(=O)(=O)O.CCCCCCCC/C=C\CCCCCCCC(N)=O. The maximum atomic E-state index is 10.5. The van der Waals surface area contributed by atoms with E-state index in [1.54, 1.807) is 0 Å². The summed E-state index contributed by atoms with van der Waals surface area (Å²) in [6.07, 6.45) is 21.9. The van der Waals surface area contributed by atoms with Crippen LogP contribution in [0.5, 0.6) is 0 Å². The molecule has 28 heavy (non-hydrogen) atoms. The molecular formula is C21H43NO5S. The van der Waals surface area contributed by atoms with Gasteiger partial charge in [0.1, 0.15) is 0 Å². The smallest absolute Gasteiger partial charge is 0.291 e. The highest BCUT2D eigenvalue weighted by atomic mass is 32.2. The molecule has 4 N–H and O–H groups in total. The molecule has 0 fully saturated rings. The number of amides is 1. The Balaban J connectivity index is 0. The minimum Gasteiger partial charge on any atom is -0.375 e. The largest absolute Gasteiger partial charge is 0.375 e. The Labute approximate surface area is 172 Å². The molecule has 1 atom stereocenters. The van der Waals surface area contributed by atoms with Crippen molar-refractivity contribution in [2.24, 2.45) is 5.73 Å². The Kier molecular flexibility index (Phi) is 21.8. The average Bonchev–Trinajstić information content (AvgIpc) is 2.63. The normalized spacial score (nSPS) is 12.6. The van der Waals surface area contributed by atoms with Crippen molar-refractivity contribution >= 4 is 16.0 Å². The Bertz CT molecular complexity index is 477. The van der Waals surface area contributed by atoms with Crippen LogP contribution in [0.4, 0.5) is 0 Å². The lowest BCUT2D eigenvalue weighted by molar-refractivity contribution is -0.118. The van der Waals surface area contributed by atoms with Crippen LogP contribution in [0.1, 0.15) is 110 Å². The second kappa shape index (κ2) is 20.8. The number of nitrogens with two attached hydrogens (primary N) is 1. The van der Waals surface area contributed by atoms with Crippen LogP contribution in [0.25, 0.3) is 0 Å². The standard InChI is InChI=1S/C18H35NO.C3H8O4S/c1-2-3-4-5-6-7-8-9-10-11-12-13-14-15-16-17-18(19)20;1-2-3(4)8(5,6)7/h9-10H,2-8,11-17H2,1H3,(H2,19,20);3-4H,2H2,1H3,(H,5,6,7)/b10-9-;. The number of unbranched alkanes of at least 4 members (excludes halogenated alkanes) is 11. The number of carbonyl (C=O) groups excluding carboxylic acids is 1. The fourth-order valence-corrected chi connectivity index (χ4v) is 3.00. The molecule has 0 aromatic heterocycles. The van der Waals surface area contributed by atoms with Gasteiger partial charge in [-0.15, -0.1) is 0 Å². The second-order valence-electron chi connectivity index (χ2n) is 7.18. The number of aliphatic hydroxyl groups is 1. The number of hydrogen-bond donors (Lipinski definition) is 3. The van der Waals surface area contributed by atoms with Gasteiger partial charge in [0.2, 0.25) is 5.91 Å². The molecule has 0 bridgehead atoms. The van der Waals surface area contributed by atoms with Crippen molar-refractivity contribution < 1.29 is 22.9 Å². The van der Waals surface area contributed by atoms with Crippen LogP contribution in [0.2, 0.25) is 0 Å². The molecule has 0 radical (unpaired) electrons. The first-order valence-corrected chi connectivity index (χ1v) is 12.3. The molecule has 0 aromatic carbocycles. The van der Waals surface area contributed by atoms with Crippen molar-refractivity contribution in [2.45, 2.75) is 116 Å². The highest BCUT2D eigenvalue weighted by Gasteiger charge is 2.15. The van der Waals surface area contributed by atoms with E-state index in [0.29, 0.717) is 6.42 Å². The first-order valence-electron chi connectivity index (χ1n) is 10.8. The topological polar surface area (TPSA) is 118 Å². The molecular weight excluding hydrogens is 378 g/mol. The number of carbonyl (C=O) groups is 1. The lowest BCUT2D eigenvalue weighted by atomic mass is 10.1. The Hall–Kier alpha value is -0.920. The Morgan fingerprint density at radius 1 is 0.857 bits per heavy atom. The van der Waals surface area contributed by atoms with Gasteiger partial charge in [-0.1, -0.05) is 77.4 Å². The zero-order valence-electron chi connectivity index (χ0n) is 17.9. The number of primary amides is 1. The summed E-state index contributed by atoms with van der Waals surface area (Å²) in [5.41, 5.74) is 3.48. The summed E-state index contributed by atoms with van der Waals surface area (Å²) in [5.74, 6) is -0.164. The number of allylic oxidation sites excluding steroid dienone is 2. The molecule has 0 spiro atoms. The maximum Gasteiger partial charge on any atom is 0.291 e. The molecule has 1 unspecified atom stereocenters. The number of rotatable bonds is 17. The van der Waals surface area contributed by atoms with Crippen molar-refractivity contribution in [3.63, 3.8) is 0 Å². The summed E-state index contributed by atoms with van der Waals surface area (Å²) in [6.45, 7) is 3.72. The van der Waals surface area contributed by atoms with Gasteiger partial charge >= 0.3 is 0 Å². The molecule has 7 heteroatoms. The highest BCUT2D eigenvalue weighted by molar-refractivity contribution is 7.86. The van der Waals surface area contributed by atoms with E-state index in [9.17, 15) is 13.2 Å². The zero-order chi connectivity index (χ0) is 21.7. The van der Waals surface area contributed by atoms with Gasteiger partial charge < -0.3 is 10.8 Å². The predicted molar refractivity (Wildman–Crippen MR) is 116 cm³/mol. The summed E-state index contributed by atoms with van der Waals surface area (Å²) in [5, 5.41) is 8.36. The van der Waals surface area contributed by atoms with Gasteiger partial charge in [-0.3, -0.25) is 9.35 Å².